The Hall–Kier alpha value is -0.250. The molecule has 1 aromatic carbocycles. The number of benzene rings is 1. The molecule has 4 nitrogen and oxygen atoms in total. The van der Waals surface area contributed by atoms with E-state index in [1.54, 1.807) is 24.3 Å². The summed E-state index contributed by atoms with van der Waals surface area (Å²) in [5.74, 6) is 0. The molecule has 0 saturated heterocycles. The van der Waals surface area contributed by atoms with Gasteiger partial charge in [-0.05, 0) is 43.5 Å². The molecule has 1 atom stereocenters. The monoisotopic (exact) mass is 439 g/mol. The minimum absolute atomic E-state index is 0.156. The lowest BCUT2D eigenvalue weighted by Gasteiger charge is -2.16. The van der Waals surface area contributed by atoms with Gasteiger partial charge < -0.3 is 5.11 Å². The second-order valence-electron chi connectivity index (χ2n) is 3.96. The SMILES string of the molecule is O=S(=O)(N[C@H](CO)c1ccccc1)c1cc(Br)sc1Br. The number of sulfonamides is 1. The van der Waals surface area contributed by atoms with E-state index < -0.39 is 16.1 Å². The molecule has 0 aliphatic carbocycles. The number of nitrogens with one attached hydrogen (secondary N) is 1. The minimum atomic E-state index is -3.71. The van der Waals surface area contributed by atoms with Crippen molar-refractivity contribution in [3.05, 3.63) is 49.5 Å². The van der Waals surface area contributed by atoms with E-state index in [9.17, 15) is 13.5 Å². The maximum absolute atomic E-state index is 12.3. The first-order chi connectivity index (χ1) is 9.44. The van der Waals surface area contributed by atoms with Crippen LogP contribution in [0.4, 0.5) is 0 Å². The van der Waals surface area contributed by atoms with Crippen LogP contribution in [0.25, 0.3) is 0 Å². The molecular weight excluding hydrogens is 430 g/mol. The molecule has 0 spiro atoms. The Labute approximate surface area is 138 Å². The smallest absolute Gasteiger partial charge is 0.243 e. The summed E-state index contributed by atoms with van der Waals surface area (Å²) < 4.78 is 28.4. The largest absolute Gasteiger partial charge is 0.394 e. The number of aliphatic hydroxyl groups excluding tert-OH is 1. The summed E-state index contributed by atoms with van der Waals surface area (Å²) in [6.07, 6.45) is 0. The van der Waals surface area contributed by atoms with Crippen LogP contribution in [0.1, 0.15) is 11.6 Å². The van der Waals surface area contributed by atoms with Gasteiger partial charge in [0.1, 0.15) is 4.90 Å². The molecule has 1 aromatic heterocycles. The molecule has 1 heterocycles. The second-order valence-corrected chi connectivity index (χ2v) is 9.39. The number of rotatable bonds is 5. The van der Waals surface area contributed by atoms with E-state index in [0.29, 0.717) is 13.1 Å². The summed E-state index contributed by atoms with van der Waals surface area (Å²) >= 11 is 7.76. The maximum Gasteiger partial charge on any atom is 0.243 e. The molecule has 20 heavy (non-hydrogen) atoms. The summed E-state index contributed by atoms with van der Waals surface area (Å²) in [5, 5.41) is 9.42. The average Bonchev–Trinajstić information content (AvgIpc) is 2.77. The summed E-state index contributed by atoms with van der Waals surface area (Å²) in [4.78, 5) is 0.156. The van der Waals surface area contributed by atoms with E-state index in [0.717, 1.165) is 0 Å². The van der Waals surface area contributed by atoms with Crippen molar-refractivity contribution in [3.8, 4) is 0 Å². The quantitative estimate of drug-likeness (QED) is 0.749. The van der Waals surface area contributed by atoms with Gasteiger partial charge in [0.15, 0.2) is 0 Å². The van der Waals surface area contributed by atoms with E-state index in [-0.39, 0.29) is 11.5 Å². The van der Waals surface area contributed by atoms with Gasteiger partial charge in [-0.3, -0.25) is 0 Å². The molecular formula is C12H11Br2NO3S2. The molecule has 0 amide bonds. The predicted molar refractivity (Wildman–Crippen MR) is 86.3 cm³/mol. The highest BCUT2D eigenvalue weighted by Gasteiger charge is 2.24. The highest BCUT2D eigenvalue weighted by atomic mass is 79.9. The Balaban J connectivity index is 2.29. The summed E-state index contributed by atoms with van der Waals surface area (Å²) in [5.41, 5.74) is 0.712. The molecule has 0 aliphatic heterocycles. The van der Waals surface area contributed by atoms with Crippen molar-refractivity contribution in [2.75, 3.05) is 6.61 Å². The molecule has 0 radical (unpaired) electrons. The molecule has 2 rings (SSSR count). The van der Waals surface area contributed by atoms with E-state index in [1.807, 2.05) is 6.07 Å². The van der Waals surface area contributed by atoms with Crippen LogP contribution in [0.5, 0.6) is 0 Å². The van der Waals surface area contributed by atoms with Gasteiger partial charge in [0.25, 0.3) is 0 Å². The first-order valence-corrected chi connectivity index (χ1v) is 9.45. The van der Waals surface area contributed by atoms with E-state index in [2.05, 4.69) is 36.6 Å². The zero-order chi connectivity index (χ0) is 14.8. The van der Waals surface area contributed by atoms with Crippen LogP contribution in [0, 0.1) is 0 Å². The average molecular weight is 441 g/mol. The van der Waals surface area contributed by atoms with Gasteiger partial charge >= 0.3 is 0 Å². The van der Waals surface area contributed by atoms with Gasteiger partial charge in [-0.1, -0.05) is 30.3 Å². The number of hydrogen-bond acceptors (Lipinski definition) is 4. The molecule has 0 bridgehead atoms. The van der Waals surface area contributed by atoms with Crippen LogP contribution in [0.15, 0.2) is 48.9 Å². The number of aliphatic hydroxyl groups is 1. The molecule has 2 N–H and O–H groups in total. The van der Waals surface area contributed by atoms with Crippen molar-refractivity contribution >= 4 is 53.2 Å². The normalized spacial score (nSPS) is 13.3. The Kier molecular flexibility index (Phi) is 5.38. The van der Waals surface area contributed by atoms with Crippen molar-refractivity contribution in [2.45, 2.75) is 10.9 Å². The van der Waals surface area contributed by atoms with Gasteiger partial charge in [0.2, 0.25) is 10.0 Å². The van der Waals surface area contributed by atoms with Crippen molar-refractivity contribution < 1.29 is 13.5 Å². The van der Waals surface area contributed by atoms with Crippen LogP contribution in [0.3, 0.4) is 0 Å². The van der Waals surface area contributed by atoms with Gasteiger partial charge in [0, 0.05) is 0 Å². The summed E-state index contributed by atoms with van der Waals surface area (Å²) in [6, 6.07) is 9.80. The van der Waals surface area contributed by atoms with Crippen molar-refractivity contribution in [2.24, 2.45) is 0 Å². The lowest BCUT2D eigenvalue weighted by Crippen LogP contribution is -2.30. The molecule has 0 saturated carbocycles. The first kappa shape index (κ1) is 16.1. The van der Waals surface area contributed by atoms with Crippen LogP contribution in [-0.2, 0) is 10.0 Å². The molecule has 0 aliphatic rings. The van der Waals surface area contributed by atoms with Crippen LogP contribution < -0.4 is 4.72 Å². The van der Waals surface area contributed by atoms with E-state index >= 15 is 0 Å². The van der Waals surface area contributed by atoms with Crippen molar-refractivity contribution in [1.82, 2.24) is 4.72 Å². The van der Waals surface area contributed by atoms with E-state index in [4.69, 9.17) is 0 Å². The zero-order valence-electron chi connectivity index (χ0n) is 10.1. The van der Waals surface area contributed by atoms with Crippen LogP contribution in [0.2, 0.25) is 0 Å². The number of hydrogen-bond donors (Lipinski definition) is 2. The fraction of sp³-hybridized carbons (Fsp3) is 0.167. The topological polar surface area (TPSA) is 66.4 Å². The van der Waals surface area contributed by atoms with Crippen molar-refractivity contribution in [1.29, 1.82) is 0 Å². The third kappa shape index (κ3) is 3.69. The summed E-state index contributed by atoms with van der Waals surface area (Å²) in [7, 11) is -3.71. The van der Waals surface area contributed by atoms with Gasteiger partial charge in [-0.25, -0.2) is 13.1 Å². The lowest BCUT2D eigenvalue weighted by molar-refractivity contribution is 0.259. The van der Waals surface area contributed by atoms with Crippen molar-refractivity contribution in [3.63, 3.8) is 0 Å². The Morgan fingerprint density at radius 1 is 1.25 bits per heavy atom. The predicted octanol–water partition coefficient (Wildman–Crippen LogP) is 3.29. The lowest BCUT2D eigenvalue weighted by atomic mass is 10.1. The minimum Gasteiger partial charge on any atom is -0.394 e. The maximum atomic E-state index is 12.3. The van der Waals surface area contributed by atoms with Gasteiger partial charge in [0.05, 0.1) is 20.2 Å². The van der Waals surface area contributed by atoms with Gasteiger partial charge in [-0.2, -0.15) is 0 Å². The third-order valence-electron chi connectivity index (χ3n) is 2.60. The van der Waals surface area contributed by atoms with Crippen LogP contribution in [-0.4, -0.2) is 20.1 Å². The standard InChI is InChI=1S/C12H11Br2NO3S2/c13-11-6-10(12(14)19-11)20(17,18)15-9(7-16)8-4-2-1-3-5-8/h1-6,9,15-16H,7H2/t9-/m1/s1. The zero-order valence-corrected chi connectivity index (χ0v) is 14.9. The third-order valence-corrected chi connectivity index (χ3v) is 6.82. The molecule has 108 valence electrons. The second kappa shape index (κ2) is 6.67. The fourth-order valence-electron chi connectivity index (χ4n) is 1.66. The Bertz CT molecular complexity index is 686. The summed E-state index contributed by atoms with van der Waals surface area (Å²) in [6.45, 7) is -0.313. The number of halogens is 2. The molecule has 0 fully saturated rings. The van der Waals surface area contributed by atoms with E-state index in [1.165, 1.54) is 17.4 Å². The highest BCUT2D eigenvalue weighted by Crippen LogP contribution is 2.35. The van der Waals surface area contributed by atoms with Crippen LogP contribution >= 0.6 is 43.2 Å². The Morgan fingerprint density at radius 3 is 2.40 bits per heavy atom. The number of thiophene rings is 1. The molecule has 8 heteroatoms. The first-order valence-electron chi connectivity index (χ1n) is 5.57. The Morgan fingerprint density at radius 2 is 1.90 bits per heavy atom. The molecule has 2 aromatic rings. The molecule has 0 unspecified atom stereocenters. The highest BCUT2D eigenvalue weighted by molar-refractivity contribution is 9.12. The van der Waals surface area contributed by atoms with Gasteiger partial charge in [-0.15, -0.1) is 11.3 Å². The fourth-order valence-corrected chi connectivity index (χ4v) is 6.68.